The van der Waals surface area contributed by atoms with E-state index in [4.69, 9.17) is 4.74 Å². The minimum atomic E-state index is 0.500. The molecule has 0 aliphatic carbocycles. The highest BCUT2D eigenvalue weighted by atomic mass is 16.5. The lowest BCUT2D eigenvalue weighted by molar-refractivity contribution is 0.415. The van der Waals surface area contributed by atoms with Crippen LogP contribution >= 0.6 is 0 Å². The summed E-state index contributed by atoms with van der Waals surface area (Å²) in [5.41, 5.74) is 2.80. The Morgan fingerprint density at radius 3 is 2.30 bits per heavy atom. The number of anilines is 3. The van der Waals surface area contributed by atoms with Gasteiger partial charge in [0.15, 0.2) is 0 Å². The Labute approximate surface area is 158 Å². The third-order valence-corrected chi connectivity index (χ3v) is 4.55. The zero-order chi connectivity index (χ0) is 18.8. The summed E-state index contributed by atoms with van der Waals surface area (Å²) >= 11 is 0. The van der Waals surface area contributed by atoms with Crippen molar-refractivity contribution in [2.75, 3.05) is 30.4 Å². The average Bonchev–Trinajstić information content (AvgIpc) is 3.32. The summed E-state index contributed by atoms with van der Waals surface area (Å²) in [5, 5.41) is 7.79. The fourth-order valence-corrected chi connectivity index (χ4v) is 3.20. The summed E-state index contributed by atoms with van der Waals surface area (Å²) in [6, 6.07) is 9.66. The van der Waals surface area contributed by atoms with E-state index in [1.165, 1.54) is 0 Å². The van der Waals surface area contributed by atoms with Gasteiger partial charge in [-0.3, -0.25) is 0 Å². The van der Waals surface area contributed by atoms with E-state index in [1.54, 1.807) is 11.8 Å². The van der Waals surface area contributed by atoms with Crippen LogP contribution in [0.4, 0.5) is 17.6 Å². The molecule has 8 nitrogen and oxygen atoms in total. The smallest absolute Gasteiger partial charge is 0.257 e. The Morgan fingerprint density at radius 2 is 1.67 bits per heavy atom. The normalized spacial score (nSPS) is 13.8. The van der Waals surface area contributed by atoms with Crippen LogP contribution < -0.4 is 15.0 Å². The zero-order valence-corrected chi connectivity index (χ0v) is 15.8. The monoisotopic (exact) mass is 365 g/mol. The second-order valence-corrected chi connectivity index (χ2v) is 6.65. The molecule has 27 heavy (non-hydrogen) atoms. The largest absolute Gasteiger partial charge is 0.497 e. The molecule has 3 aromatic rings. The second-order valence-electron chi connectivity index (χ2n) is 6.65. The topological polar surface area (TPSA) is 81.0 Å². The van der Waals surface area contributed by atoms with Gasteiger partial charge < -0.3 is 15.0 Å². The van der Waals surface area contributed by atoms with E-state index in [0.717, 1.165) is 48.8 Å². The summed E-state index contributed by atoms with van der Waals surface area (Å²) in [5.74, 6) is 2.51. The molecule has 0 unspecified atom stereocenters. The lowest BCUT2D eigenvalue weighted by Gasteiger charge is -2.17. The first-order chi connectivity index (χ1) is 13.1. The van der Waals surface area contributed by atoms with Gasteiger partial charge in [-0.15, -0.1) is 0 Å². The van der Waals surface area contributed by atoms with Gasteiger partial charge in [-0.1, -0.05) is 0 Å². The number of benzene rings is 1. The van der Waals surface area contributed by atoms with Gasteiger partial charge in [0.2, 0.25) is 11.9 Å². The van der Waals surface area contributed by atoms with E-state index >= 15 is 0 Å². The molecule has 0 bridgehead atoms. The zero-order valence-electron chi connectivity index (χ0n) is 15.8. The number of nitrogens with zero attached hydrogens (tertiary/aromatic N) is 6. The van der Waals surface area contributed by atoms with Crippen LogP contribution in [0.3, 0.4) is 0 Å². The molecule has 3 heterocycles. The van der Waals surface area contributed by atoms with Crippen molar-refractivity contribution in [1.82, 2.24) is 24.7 Å². The summed E-state index contributed by atoms with van der Waals surface area (Å²) < 4.78 is 6.97. The molecule has 1 aliphatic heterocycles. The van der Waals surface area contributed by atoms with Crippen LogP contribution in [0, 0.1) is 13.8 Å². The predicted molar refractivity (Wildman–Crippen MR) is 104 cm³/mol. The minimum Gasteiger partial charge on any atom is -0.497 e. The fourth-order valence-electron chi connectivity index (χ4n) is 3.20. The number of hydrogen-bond donors (Lipinski definition) is 1. The highest BCUT2D eigenvalue weighted by Gasteiger charge is 2.19. The molecule has 1 saturated heterocycles. The van der Waals surface area contributed by atoms with E-state index in [2.05, 4.69) is 30.3 Å². The van der Waals surface area contributed by atoms with E-state index in [-0.39, 0.29) is 0 Å². The van der Waals surface area contributed by atoms with E-state index in [0.29, 0.717) is 17.8 Å². The predicted octanol–water partition coefficient (Wildman–Crippen LogP) is 3.03. The Balaban J connectivity index is 1.71. The third-order valence-electron chi connectivity index (χ3n) is 4.55. The summed E-state index contributed by atoms with van der Waals surface area (Å²) in [6.07, 6.45) is 2.31. The molecule has 0 radical (unpaired) electrons. The molecule has 0 spiro atoms. The average molecular weight is 365 g/mol. The molecule has 1 aromatic carbocycles. The fraction of sp³-hybridized carbons (Fsp3) is 0.368. The Kier molecular flexibility index (Phi) is 4.62. The van der Waals surface area contributed by atoms with Crippen LogP contribution in [-0.4, -0.2) is 44.9 Å². The molecule has 4 rings (SSSR count). The van der Waals surface area contributed by atoms with Crippen molar-refractivity contribution in [1.29, 1.82) is 0 Å². The first-order valence-electron chi connectivity index (χ1n) is 9.08. The van der Waals surface area contributed by atoms with Crippen LogP contribution in [-0.2, 0) is 0 Å². The van der Waals surface area contributed by atoms with E-state index in [1.807, 2.05) is 44.2 Å². The van der Waals surface area contributed by atoms with Crippen molar-refractivity contribution in [2.45, 2.75) is 26.7 Å². The SMILES string of the molecule is COc1ccc(Nc2nc(N3CCCC3)nc(-n3nc(C)cc3C)n2)cc1. The molecule has 8 heteroatoms. The first kappa shape index (κ1) is 17.3. The first-order valence-corrected chi connectivity index (χ1v) is 9.08. The third kappa shape index (κ3) is 3.69. The number of nitrogens with one attached hydrogen (secondary N) is 1. The number of aromatic nitrogens is 5. The van der Waals surface area contributed by atoms with Gasteiger partial charge in [0, 0.05) is 24.5 Å². The number of methoxy groups -OCH3 is 1. The lowest BCUT2D eigenvalue weighted by atomic mass is 10.3. The van der Waals surface area contributed by atoms with Crippen molar-refractivity contribution in [3.8, 4) is 11.7 Å². The van der Waals surface area contributed by atoms with Gasteiger partial charge >= 0.3 is 0 Å². The highest BCUT2D eigenvalue weighted by molar-refractivity contribution is 5.56. The van der Waals surface area contributed by atoms with E-state index < -0.39 is 0 Å². The molecule has 2 aromatic heterocycles. The van der Waals surface area contributed by atoms with Crippen molar-refractivity contribution in [3.05, 3.63) is 41.7 Å². The van der Waals surface area contributed by atoms with Gasteiger partial charge in [-0.25, -0.2) is 4.68 Å². The maximum absolute atomic E-state index is 5.21. The summed E-state index contributed by atoms with van der Waals surface area (Å²) in [7, 11) is 1.65. The highest BCUT2D eigenvalue weighted by Crippen LogP contribution is 2.22. The van der Waals surface area contributed by atoms with Gasteiger partial charge in [0.1, 0.15) is 5.75 Å². The van der Waals surface area contributed by atoms with Crippen LogP contribution in [0.15, 0.2) is 30.3 Å². The van der Waals surface area contributed by atoms with E-state index in [9.17, 15) is 0 Å². The maximum Gasteiger partial charge on any atom is 0.257 e. The lowest BCUT2D eigenvalue weighted by Crippen LogP contribution is -2.22. The van der Waals surface area contributed by atoms with Gasteiger partial charge in [-0.05, 0) is 57.0 Å². The molecule has 1 aliphatic rings. The summed E-state index contributed by atoms with van der Waals surface area (Å²) in [6.45, 7) is 5.88. The van der Waals surface area contributed by atoms with Crippen molar-refractivity contribution in [2.24, 2.45) is 0 Å². The van der Waals surface area contributed by atoms with Crippen LogP contribution in [0.2, 0.25) is 0 Å². The molecule has 140 valence electrons. The van der Waals surface area contributed by atoms with Gasteiger partial charge in [0.05, 0.1) is 12.8 Å². The number of hydrogen-bond acceptors (Lipinski definition) is 7. The number of rotatable bonds is 5. The molecule has 0 amide bonds. The van der Waals surface area contributed by atoms with Crippen LogP contribution in [0.5, 0.6) is 5.75 Å². The molecular weight excluding hydrogens is 342 g/mol. The number of aryl methyl sites for hydroxylation is 2. The van der Waals surface area contributed by atoms with Crippen molar-refractivity contribution >= 4 is 17.6 Å². The molecule has 0 atom stereocenters. The molecule has 1 fully saturated rings. The van der Waals surface area contributed by atoms with Crippen LogP contribution in [0.1, 0.15) is 24.2 Å². The Hall–Kier alpha value is -3.16. The summed E-state index contributed by atoms with van der Waals surface area (Å²) in [4.78, 5) is 16.1. The second kappa shape index (κ2) is 7.22. The maximum atomic E-state index is 5.21. The Bertz CT molecular complexity index is 930. The van der Waals surface area contributed by atoms with Crippen molar-refractivity contribution in [3.63, 3.8) is 0 Å². The molecule has 1 N–H and O–H groups in total. The van der Waals surface area contributed by atoms with Gasteiger partial charge in [0.25, 0.3) is 5.95 Å². The molecular formula is C19H23N7O. The van der Waals surface area contributed by atoms with Crippen molar-refractivity contribution < 1.29 is 4.74 Å². The minimum absolute atomic E-state index is 0.500. The Morgan fingerprint density at radius 1 is 0.963 bits per heavy atom. The van der Waals surface area contributed by atoms with Gasteiger partial charge in [-0.2, -0.15) is 20.1 Å². The standard InChI is InChI=1S/C19H23N7O/c1-13-12-14(2)26(24-13)19-22-17(20-15-6-8-16(27-3)9-7-15)21-18(23-19)25-10-4-5-11-25/h6-9,12H,4-5,10-11H2,1-3H3,(H,20,21,22,23). The molecule has 0 saturated carbocycles. The van der Waals surface area contributed by atoms with Crippen LogP contribution in [0.25, 0.3) is 5.95 Å². The quantitative estimate of drug-likeness (QED) is 0.744. The number of ether oxygens (including phenoxy) is 1.